The Morgan fingerprint density at radius 2 is 2.07 bits per heavy atom. The summed E-state index contributed by atoms with van der Waals surface area (Å²) in [4.78, 5) is 11.4. The number of aryl methyl sites for hydroxylation is 1. The molecule has 0 saturated heterocycles. The minimum Gasteiger partial charge on any atom is -0.444 e. The molecule has 1 N–H and O–H groups in total. The lowest BCUT2D eigenvalue weighted by atomic mass is 10.2. The summed E-state index contributed by atoms with van der Waals surface area (Å²) in [5.41, 5.74) is 1.27. The molecule has 0 aliphatic carbocycles. The summed E-state index contributed by atoms with van der Waals surface area (Å²) in [5.74, 6) is 0. The number of hydrogen-bond acceptors (Lipinski definition) is 2. The average molecular weight is 206 g/mol. The van der Waals surface area contributed by atoms with Crippen LogP contribution in [0.15, 0.2) is 18.2 Å². The first-order chi connectivity index (χ1) is 6.87. The standard InChI is InChI=1S/C12H16NO2/c1-9-6-5-7-10(8-9)13-11(14)15-12(2,3)4/h6-8H,1-4H3,(H,13,14). The number of hydrogen-bond donors (Lipinski definition) is 1. The van der Waals surface area contributed by atoms with E-state index in [0.717, 1.165) is 5.56 Å². The van der Waals surface area contributed by atoms with Crippen LogP contribution in [-0.2, 0) is 4.74 Å². The van der Waals surface area contributed by atoms with Gasteiger partial charge in [0, 0.05) is 5.69 Å². The molecule has 81 valence electrons. The highest BCUT2D eigenvalue weighted by atomic mass is 16.6. The van der Waals surface area contributed by atoms with Gasteiger partial charge in [-0.3, -0.25) is 5.32 Å². The number of amides is 1. The number of nitrogens with one attached hydrogen (secondary N) is 1. The van der Waals surface area contributed by atoms with E-state index in [1.165, 1.54) is 0 Å². The molecule has 3 heteroatoms. The lowest BCUT2D eigenvalue weighted by Crippen LogP contribution is -2.27. The zero-order valence-corrected chi connectivity index (χ0v) is 9.55. The van der Waals surface area contributed by atoms with Gasteiger partial charge in [0.2, 0.25) is 0 Å². The van der Waals surface area contributed by atoms with Crippen molar-refractivity contribution < 1.29 is 9.53 Å². The van der Waals surface area contributed by atoms with Gasteiger partial charge in [-0.2, -0.15) is 0 Å². The summed E-state index contributed by atoms with van der Waals surface area (Å²) in [6.45, 7) is 7.43. The quantitative estimate of drug-likeness (QED) is 0.766. The van der Waals surface area contributed by atoms with E-state index in [-0.39, 0.29) is 0 Å². The Bertz CT molecular complexity index is 353. The highest BCUT2D eigenvalue weighted by molar-refractivity contribution is 5.84. The Labute approximate surface area is 90.4 Å². The van der Waals surface area contributed by atoms with Gasteiger partial charge in [0.1, 0.15) is 5.60 Å². The molecule has 0 saturated carbocycles. The molecule has 15 heavy (non-hydrogen) atoms. The first kappa shape index (κ1) is 11.6. The first-order valence-electron chi connectivity index (χ1n) is 4.84. The zero-order valence-electron chi connectivity index (χ0n) is 9.55. The van der Waals surface area contributed by atoms with Gasteiger partial charge in [0.25, 0.3) is 0 Å². The van der Waals surface area contributed by atoms with Crippen molar-refractivity contribution >= 4 is 11.8 Å². The normalized spacial score (nSPS) is 10.9. The molecule has 0 unspecified atom stereocenters. The predicted octanol–water partition coefficient (Wildman–Crippen LogP) is 3.14. The summed E-state index contributed by atoms with van der Waals surface area (Å²) in [6.07, 6.45) is -0.443. The molecule has 0 aromatic heterocycles. The number of ether oxygens (including phenoxy) is 1. The third kappa shape index (κ3) is 4.49. The van der Waals surface area contributed by atoms with Crippen molar-refractivity contribution in [3.05, 3.63) is 29.8 Å². The van der Waals surface area contributed by atoms with Gasteiger partial charge >= 0.3 is 6.09 Å². The number of rotatable bonds is 1. The molecular formula is C12H16NO2. The molecule has 0 bridgehead atoms. The summed E-state index contributed by atoms with van der Waals surface area (Å²) in [7, 11) is 0. The maximum Gasteiger partial charge on any atom is 0.412 e. The van der Waals surface area contributed by atoms with Crippen LogP contribution in [0.25, 0.3) is 0 Å². The van der Waals surface area contributed by atoms with Crippen molar-refractivity contribution in [3.63, 3.8) is 0 Å². The highest BCUT2D eigenvalue weighted by Crippen LogP contribution is 2.12. The molecule has 0 aliphatic heterocycles. The van der Waals surface area contributed by atoms with E-state index in [9.17, 15) is 4.79 Å². The highest BCUT2D eigenvalue weighted by Gasteiger charge is 2.15. The van der Waals surface area contributed by atoms with E-state index in [1.807, 2.05) is 39.8 Å². The van der Waals surface area contributed by atoms with Crippen LogP contribution in [0.2, 0.25) is 0 Å². The molecule has 1 aromatic rings. The predicted molar refractivity (Wildman–Crippen MR) is 59.9 cm³/mol. The van der Waals surface area contributed by atoms with Crippen molar-refractivity contribution in [2.45, 2.75) is 33.3 Å². The Kier molecular flexibility index (Phi) is 3.35. The number of benzene rings is 1. The van der Waals surface area contributed by atoms with Crippen LogP contribution in [0, 0.1) is 13.0 Å². The van der Waals surface area contributed by atoms with Crippen LogP contribution in [0.3, 0.4) is 0 Å². The largest absolute Gasteiger partial charge is 0.444 e. The van der Waals surface area contributed by atoms with E-state index in [1.54, 1.807) is 6.07 Å². The second-order valence-electron chi connectivity index (χ2n) is 4.43. The fourth-order valence-electron chi connectivity index (χ4n) is 1.09. The van der Waals surface area contributed by atoms with Gasteiger partial charge in [-0.25, -0.2) is 4.79 Å². The average Bonchev–Trinajstić information content (AvgIpc) is 1.99. The van der Waals surface area contributed by atoms with Crippen molar-refractivity contribution in [1.82, 2.24) is 0 Å². The van der Waals surface area contributed by atoms with E-state index in [0.29, 0.717) is 5.69 Å². The smallest absolute Gasteiger partial charge is 0.412 e. The molecule has 1 radical (unpaired) electrons. The molecule has 0 atom stereocenters. The van der Waals surface area contributed by atoms with Crippen LogP contribution in [0.1, 0.15) is 26.3 Å². The van der Waals surface area contributed by atoms with Crippen LogP contribution < -0.4 is 5.32 Å². The second kappa shape index (κ2) is 4.34. The Balaban J connectivity index is 2.59. The topological polar surface area (TPSA) is 38.3 Å². The maximum atomic E-state index is 11.4. The van der Waals surface area contributed by atoms with Gasteiger partial charge < -0.3 is 4.74 Å². The van der Waals surface area contributed by atoms with Gasteiger partial charge in [-0.15, -0.1) is 0 Å². The van der Waals surface area contributed by atoms with Crippen molar-refractivity contribution in [1.29, 1.82) is 0 Å². The summed E-state index contributed by atoms with van der Waals surface area (Å²) in [5, 5.41) is 2.65. The van der Waals surface area contributed by atoms with Crippen molar-refractivity contribution in [3.8, 4) is 0 Å². The van der Waals surface area contributed by atoms with E-state index < -0.39 is 11.7 Å². The fraction of sp³-hybridized carbons (Fsp3) is 0.417. The third-order valence-electron chi connectivity index (χ3n) is 1.58. The molecule has 0 heterocycles. The molecule has 1 amide bonds. The van der Waals surface area contributed by atoms with Crippen LogP contribution >= 0.6 is 0 Å². The molecular weight excluding hydrogens is 190 g/mol. The van der Waals surface area contributed by atoms with E-state index >= 15 is 0 Å². The monoisotopic (exact) mass is 206 g/mol. The summed E-state index contributed by atoms with van der Waals surface area (Å²) >= 11 is 0. The minimum absolute atomic E-state index is 0.443. The van der Waals surface area contributed by atoms with Crippen molar-refractivity contribution in [2.75, 3.05) is 5.32 Å². The van der Waals surface area contributed by atoms with E-state index in [4.69, 9.17) is 4.74 Å². The Morgan fingerprint density at radius 3 is 2.60 bits per heavy atom. The molecule has 1 aromatic carbocycles. The minimum atomic E-state index is -0.475. The van der Waals surface area contributed by atoms with Gasteiger partial charge in [-0.05, 0) is 51.5 Å². The first-order valence-corrected chi connectivity index (χ1v) is 4.84. The molecule has 0 spiro atoms. The number of anilines is 1. The van der Waals surface area contributed by atoms with E-state index in [2.05, 4.69) is 11.4 Å². The van der Waals surface area contributed by atoms with Gasteiger partial charge in [0.05, 0.1) is 0 Å². The van der Waals surface area contributed by atoms with Crippen molar-refractivity contribution in [2.24, 2.45) is 0 Å². The van der Waals surface area contributed by atoms with Gasteiger partial charge in [0.15, 0.2) is 0 Å². The van der Waals surface area contributed by atoms with Crippen LogP contribution in [0.5, 0.6) is 0 Å². The molecule has 1 rings (SSSR count). The fourth-order valence-corrected chi connectivity index (χ4v) is 1.09. The third-order valence-corrected chi connectivity index (χ3v) is 1.58. The number of carbonyl (C=O) groups is 1. The molecule has 0 fully saturated rings. The second-order valence-corrected chi connectivity index (χ2v) is 4.43. The molecule has 0 aliphatic rings. The summed E-state index contributed by atoms with van der Waals surface area (Å²) in [6, 6.07) is 8.34. The van der Waals surface area contributed by atoms with Crippen LogP contribution in [0.4, 0.5) is 10.5 Å². The lowest BCUT2D eigenvalue weighted by Gasteiger charge is -2.19. The number of carbonyl (C=O) groups excluding carboxylic acids is 1. The Morgan fingerprint density at radius 1 is 1.40 bits per heavy atom. The van der Waals surface area contributed by atoms with Crippen LogP contribution in [-0.4, -0.2) is 11.7 Å². The lowest BCUT2D eigenvalue weighted by molar-refractivity contribution is 0.0636. The SMILES string of the molecule is Cc1c[c]cc(NC(=O)OC(C)(C)C)c1. The summed E-state index contributed by atoms with van der Waals surface area (Å²) < 4.78 is 5.12. The maximum absolute atomic E-state index is 11.4. The Hall–Kier alpha value is -1.51. The zero-order chi connectivity index (χ0) is 11.5. The molecule has 3 nitrogen and oxygen atoms in total. The van der Waals surface area contributed by atoms with Gasteiger partial charge in [-0.1, -0.05) is 6.07 Å².